The molecule has 1 aliphatic rings. The van der Waals surface area contributed by atoms with Gasteiger partial charge in [0.15, 0.2) is 0 Å². The summed E-state index contributed by atoms with van der Waals surface area (Å²) in [5.74, 6) is -0.354. The van der Waals surface area contributed by atoms with Crippen molar-refractivity contribution in [3.63, 3.8) is 0 Å². The molecular weight excluding hydrogens is 1180 g/mol. The molecule has 0 aliphatic heterocycles. The molecule has 1 aliphatic carbocycles. The molecule has 0 spiro atoms. The Morgan fingerprint density at radius 3 is 1.09 bits per heavy atom. The maximum absolute atomic E-state index is 14.6. The van der Waals surface area contributed by atoms with E-state index in [-0.39, 0.29) is 25.2 Å². The summed E-state index contributed by atoms with van der Waals surface area (Å²) < 4.78 is 42.7. The Balaban J connectivity index is 1.15. The van der Waals surface area contributed by atoms with Crippen molar-refractivity contribution >= 4 is 6.03 Å². The fourth-order valence-corrected chi connectivity index (χ4v) is 13.7. The van der Waals surface area contributed by atoms with Crippen LogP contribution in [0.1, 0.15) is 273 Å². The highest BCUT2D eigenvalue weighted by Gasteiger charge is 2.48. The first kappa shape index (κ1) is 79.1. The van der Waals surface area contributed by atoms with Gasteiger partial charge in [-0.1, -0.05) is 377 Å². The molecule has 1 saturated carbocycles. The minimum absolute atomic E-state index is 0.0882. The molecular formula is C85H130N2O8. The van der Waals surface area contributed by atoms with Crippen LogP contribution in [0.4, 0.5) is 4.79 Å². The van der Waals surface area contributed by atoms with Crippen LogP contribution >= 0.6 is 0 Å². The third-order valence-electron chi connectivity index (χ3n) is 19.4. The number of hydrogen-bond acceptors (Lipinski definition) is 8. The molecule has 0 aromatic heterocycles. The topological polar surface area (TPSA) is 117 Å². The van der Waals surface area contributed by atoms with Gasteiger partial charge in [0.05, 0.1) is 64.0 Å². The van der Waals surface area contributed by atoms with Gasteiger partial charge < -0.3 is 44.2 Å². The molecule has 10 nitrogen and oxygen atoms in total. The lowest BCUT2D eigenvalue weighted by Gasteiger charge is -2.46. The van der Waals surface area contributed by atoms with Crippen LogP contribution in [0, 0.1) is 5.92 Å². The van der Waals surface area contributed by atoms with Crippen molar-refractivity contribution in [3.8, 4) is 0 Å². The van der Waals surface area contributed by atoms with Crippen molar-refractivity contribution < 1.29 is 38.3 Å². The highest BCUT2D eigenvalue weighted by molar-refractivity contribution is 5.74. The Bertz CT molecular complexity index is 2530. The number of amides is 2. The normalized spacial score (nSPS) is 17.4. The van der Waals surface area contributed by atoms with Gasteiger partial charge in [0, 0.05) is 19.1 Å². The van der Waals surface area contributed by atoms with E-state index in [1.165, 1.54) is 193 Å². The van der Waals surface area contributed by atoms with E-state index in [4.69, 9.17) is 28.4 Å². The van der Waals surface area contributed by atoms with Crippen LogP contribution in [0.3, 0.4) is 0 Å². The first-order chi connectivity index (χ1) is 47.0. The number of nitrogens with one attached hydrogen (secondary N) is 2. The van der Waals surface area contributed by atoms with Crippen LogP contribution in [0.2, 0.25) is 0 Å². The van der Waals surface area contributed by atoms with Crippen molar-refractivity contribution in [2.24, 2.45) is 5.92 Å². The summed E-state index contributed by atoms with van der Waals surface area (Å²) in [6.45, 7) is 6.79. The third-order valence-corrected chi connectivity index (χ3v) is 19.4. The van der Waals surface area contributed by atoms with Crippen molar-refractivity contribution in [1.29, 1.82) is 0 Å². The number of aliphatic hydroxyl groups is 1. The molecule has 5 aromatic carbocycles. The van der Waals surface area contributed by atoms with Crippen LogP contribution < -0.4 is 10.6 Å². The number of rotatable bonds is 58. The second-order valence-electron chi connectivity index (χ2n) is 27.5. The van der Waals surface area contributed by atoms with E-state index < -0.39 is 42.7 Å². The van der Waals surface area contributed by atoms with Crippen molar-refractivity contribution in [2.45, 2.75) is 321 Å². The molecule has 5 aromatic rings. The molecule has 0 radical (unpaired) electrons. The largest absolute Gasteiger partial charge is 0.396 e. The average molecular weight is 1310 g/mol. The lowest BCUT2D eigenvalue weighted by atomic mass is 9.80. The van der Waals surface area contributed by atoms with E-state index in [9.17, 15) is 9.90 Å². The summed E-state index contributed by atoms with van der Waals surface area (Å²) >= 11 is 0. The van der Waals surface area contributed by atoms with E-state index in [0.29, 0.717) is 46.0 Å². The van der Waals surface area contributed by atoms with Gasteiger partial charge >= 0.3 is 6.03 Å². The van der Waals surface area contributed by atoms with E-state index in [0.717, 1.165) is 59.9 Å². The predicted molar refractivity (Wildman–Crippen MR) is 393 cm³/mol. The number of unbranched alkanes of at least 4 members (excludes halogenated alkanes) is 32. The first-order valence-corrected chi connectivity index (χ1v) is 38.6. The Morgan fingerprint density at radius 1 is 0.389 bits per heavy atom. The summed E-state index contributed by atoms with van der Waals surface area (Å²) in [4.78, 5) is 14.6. The highest BCUT2D eigenvalue weighted by atomic mass is 16.6. The zero-order chi connectivity index (χ0) is 66.5. The summed E-state index contributed by atoms with van der Waals surface area (Å²) in [6, 6.07) is 50.3. The molecule has 3 N–H and O–H groups in total. The third kappa shape index (κ3) is 35.4. The number of benzene rings is 5. The number of aliphatic hydroxyl groups excluding tert-OH is 1. The smallest absolute Gasteiger partial charge is 0.315 e. The number of ether oxygens (including phenoxy) is 6. The molecule has 1 fully saturated rings. The Morgan fingerprint density at radius 2 is 0.716 bits per heavy atom. The number of carbonyl (C=O) groups is 1. The van der Waals surface area contributed by atoms with Gasteiger partial charge in [-0.05, 0) is 47.1 Å². The number of urea groups is 1. The van der Waals surface area contributed by atoms with Gasteiger partial charge in [-0.3, -0.25) is 0 Å². The average Bonchev–Trinajstić information content (AvgIpc) is 0.825. The van der Waals surface area contributed by atoms with Gasteiger partial charge in [0.25, 0.3) is 0 Å². The van der Waals surface area contributed by atoms with E-state index >= 15 is 0 Å². The molecule has 10 heteroatoms. The maximum atomic E-state index is 14.6. The summed E-state index contributed by atoms with van der Waals surface area (Å²) in [5, 5.41) is 18.1. The van der Waals surface area contributed by atoms with Crippen LogP contribution in [0.15, 0.2) is 152 Å². The van der Waals surface area contributed by atoms with Crippen LogP contribution in [0.5, 0.6) is 0 Å². The fraction of sp³-hybridized carbons (Fsp3) is 0.635. The molecule has 528 valence electrons. The minimum atomic E-state index is -0.653. The monoisotopic (exact) mass is 1310 g/mol. The van der Waals surface area contributed by atoms with Gasteiger partial charge in [0.2, 0.25) is 0 Å². The van der Waals surface area contributed by atoms with Crippen LogP contribution in [-0.2, 0) is 61.5 Å². The summed E-state index contributed by atoms with van der Waals surface area (Å²) in [6.07, 6.45) is 42.3. The molecule has 2 amide bonds. The molecule has 95 heavy (non-hydrogen) atoms. The fourth-order valence-electron chi connectivity index (χ4n) is 13.7. The highest BCUT2D eigenvalue weighted by Crippen LogP contribution is 2.36. The summed E-state index contributed by atoms with van der Waals surface area (Å²) in [7, 11) is 0. The zero-order valence-electron chi connectivity index (χ0n) is 59.5. The molecule has 0 saturated heterocycles. The summed E-state index contributed by atoms with van der Waals surface area (Å²) in [5.41, 5.74) is 5.18. The van der Waals surface area contributed by atoms with Gasteiger partial charge in [-0.25, -0.2) is 4.79 Å². The van der Waals surface area contributed by atoms with E-state index in [2.05, 4.69) is 97.3 Å². The SMILES string of the molecule is CCCCCCCCCCCCCCCCCCCCCCCCNC(=O)N[C@@H](CO[C@H]1C[C@H](CO)[C@H](OCc2ccccc2)[C@H](OCc2ccccc2)[C@H]1OCc1ccccc1)[C@H](OCc1ccccc1)[C@@H](CCCCCCCCCCCCCC)OCc1ccccc1. The predicted octanol–water partition coefficient (Wildman–Crippen LogP) is 21.7. The van der Waals surface area contributed by atoms with Gasteiger partial charge in [-0.2, -0.15) is 0 Å². The second-order valence-corrected chi connectivity index (χ2v) is 27.5. The van der Waals surface area contributed by atoms with Gasteiger partial charge in [-0.15, -0.1) is 0 Å². The molecule has 6 rings (SSSR count). The van der Waals surface area contributed by atoms with E-state index in [1.54, 1.807) is 0 Å². The Kier molecular flexibility index (Phi) is 44.2. The lowest BCUT2D eigenvalue weighted by Crippen LogP contribution is -2.60. The molecule has 8 atom stereocenters. The van der Waals surface area contributed by atoms with Crippen molar-refractivity contribution in [1.82, 2.24) is 10.6 Å². The van der Waals surface area contributed by atoms with Crippen LogP contribution in [0.25, 0.3) is 0 Å². The first-order valence-electron chi connectivity index (χ1n) is 38.6. The van der Waals surface area contributed by atoms with Gasteiger partial charge in [0.1, 0.15) is 18.3 Å². The number of hydrogen-bond donors (Lipinski definition) is 3. The Labute approximate surface area is 577 Å². The Hall–Kier alpha value is -4.91. The van der Waals surface area contributed by atoms with Crippen molar-refractivity contribution in [3.05, 3.63) is 179 Å². The molecule has 0 heterocycles. The minimum Gasteiger partial charge on any atom is -0.396 e. The lowest BCUT2D eigenvalue weighted by molar-refractivity contribution is -0.233. The number of carbonyl (C=O) groups excluding carboxylic acids is 1. The van der Waals surface area contributed by atoms with Crippen molar-refractivity contribution in [2.75, 3.05) is 19.8 Å². The zero-order valence-corrected chi connectivity index (χ0v) is 59.5. The second kappa shape index (κ2) is 53.1. The van der Waals surface area contributed by atoms with E-state index in [1.807, 2.05) is 78.9 Å². The maximum Gasteiger partial charge on any atom is 0.315 e. The van der Waals surface area contributed by atoms with Crippen LogP contribution in [-0.4, -0.2) is 73.6 Å². The molecule has 0 bridgehead atoms. The molecule has 0 unspecified atom stereocenters. The standard InChI is InChI=1S/C85H130N2O8/c1-3-5-7-9-11-13-15-17-18-19-20-21-22-23-24-25-26-28-30-32-34-51-63-86-85(89)87-78(82(93-68-74-56-44-37-45-57-74)79(90-66-72-52-40-35-41-53-72)62-50-33-31-29-27-16-14-12-10-8-6-4-2)71-91-80-64-77(65-88)81(92-67-73-54-42-36-43-55-73)84(95-70-76-60-48-39-49-61-76)83(80)94-69-75-58-46-38-47-59-75/h35-49,52-61,77-84,88H,3-34,50-51,62-71H2,1-2H3,(H2,86,87,89)/t77-,78+,79-,80+,81+,82+,83+,84+/m1/s1. The quantitative estimate of drug-likeness (QED) is 0.0330.